The molecule has 124 valence electrons. The number of aryl methyl sites for hydroxylation is 1. The maximum Gasteiger partial charge on any atom is 0.417 e. The van der Waals surface area contributed by atoms with Gasteiger partial charge in [0, 0.05) is 17.8 Å². The highest BCUT2D eigenvalue weighted by molar-refractivity contribution is 5.63. The molecule has 7 heteroatoms. The number of benzene rings is 1. The van der Waals surface area contributed by atoms with Gasteiger partial charge in [-0.2, -0.15) is 13.2 Å². The molecular formula is C17H13F3N2O2. The summed E-state index contributed by atoms with van der Waals surface area (Å²) in [6.07, 6.45) is -3.68. The van der Waals surface area contributed by atoms with E-state index in [0.29, 0.717) is 11.5 Å². The van der Waals surface area contributed by atoms with Crippen molar-refractivity contribution >= 4 is 0 Å². The number of nitrogens with zero attached hydrogens (tertiary/aromatic N) is 2. The zero-order valence-electron chi connectivity index (χ0n) is 12.7. The molecular weight excluding hydrogens is 321 g/mol. The average Bonchev–Trinajstić information content (AvgIpc) is 2.94. The topological polar surface area (TPSA) is 48.2 Å². The van der Waals surface area contributed by atoms with E-state index < -0.39 is 11.7 Å². The van der Waals surface area contributed by atoms with Crippen LogP contribution in [0.5, 0.6) is 5.88 Å². The summed E-state index contributed by atoms with van der Waals surface area (Å²) < 4.78 is 48.2. The first-order chi connectivity index (χ1) is 11.4. The number of alkyl halides is 3. The molecule has 2 heterocycles. The molecule has 0 fully saturated rings. The minimum Gasteiger partial charge on any atom is -0.473 e. The summed E-state index contributed by atoms with van der Waals surface area (Å²) in [6.45, 7) is 1.84. The Kier molecular flexibility index (Phi) is 4.24. The van der Waals surface area contributed by atoms with E-state index in [1.54, 1.807) is 6.92 Å². The van der Waals surface area contributed by atoms with Crippen LogP contribution in [0.3, 0.4) is 0 Å². The van der Waals surface area contributed by atoms with Crippen LogP contribution in [-0.4, -0.2) is 10.1 Å². The van der Waals surface area contributed by atoms with Gasteiger partial charge in [-0.1, -0.05) is 35.5 Å². The van der Waals surface area contributed by atoms with Gasteiger partial charge in [0.05, 0.1) is 11.1 Å². The first-order valence-electron chi connectivity index (χ1n) is 7.12. The first kappa shape index (κ1) is 16.0. The van der Waals surface area contributed by atoms with Crippen molar-refractivity contribution in [1.82, 2.24) is 10.1 Å². The van der Waals surface area contributed by atoms with E-state index in [1.165, 1.54) is 6.07 Å². The molecule has 24 heavy (non-hydrogen) atoms. The molecule has 0 spiro atoms. The lowest BCUT2D eigenvalue weighted by Crippen LogP contribution is -2.06. The normalized spacial score (nSPS) is 11.5. The van der Waals surface area contributed by atoms with Crippen LogP contribution in [0.25, 0.3) is 11.3 Å². The molecule has 0 aliphatic rings. The van der Waals surface area contributed by atoms with Gasteiger partial charge in [0.1, 0.15) is 18.1 Å². The number of halogens is 3. The van der Waals surface area contributed by atoms with Crippen LogP contribution in [0, 0.1) is 6.92 Å². The van der Waals surface area contributed by atoms with Crippen LogP contribution >= 0.6 is 0 Å². The predicted octanol–water partition coefficient (Wildman–Crippen LogP) is 4.64. The Balaban J connectivity index is 1.77. The molecule has 0 saturated carbocycles. The number of aromatic nitrogens is 2. The standard InChI is InChI=1S/C17H13F3N2O2/c1-11-14(16(22-24-11)12-5-3-2-4-6-12)10-23-15-8-7-13(9-21-15)17(18,19)20/h2-9H,10H2,1H3. The Morgan fingerprint density at radius 3 is 2.46 bits per heavy atom. The molecule has 0 unspecified atom stereocenters. The smallest absolute Gasteiger partial charge is 0.417 e. The van der Waals surface area contributed by atoms with Gasteiger partial charge < -0.3 is 9.26 Å². The van der Waals surface area contributed by atoms with E-state index in [0.717, 1.165) is 23.4 Å². The van der Waals surface area contributed by atoms with Crippen molar-refractivity contribution in [3.8, 4) is 17.1 Å². The lowest BCUT2D eigenvalue weighted by molar-refractivity contribution is -0.137. The third kappa shape index (κ3) is 3.40. The number of hydrogen-bond acceptors (Lipinski definition) is 4. The summed E-state index contributed by atoms with van der Waals surface area (Å²) in [6, 6.07) is 11.5. The van der Waals surface area contributed by atoms with E-state index in [4.69, 9.17) is 9.26 Å². The third-order valence-electron chi connectivity index (χ3n) is 3.46. The Hall–Kier alpha value is -2.83. The molecule has 2 aromatic heterocycles. The third-order valence-corrected chi connectivity index (χ3v) is 3.46. The van der Waals surface area contributed by atoms with Gasteiger partial charge in [-0.15, -0.1) is 0 Å². The van der Waals surface area contributed by atoms with Crippen LogP contribution in [0.15, 0.2) is 53.2 Å². The van der Waals surface area contributed by atoms with Crippen molar-refractivity contribution in [3.05, 3.63) is 65.5 Å². The van der Waals surface area contributed by atoms with Gasteiger partial charge in [-0.05, 0) is 13.0 Å². The van der Waals surface area contributed by atoms with E-state index >= 15 is 0 Å². The Bertz CT molecular complexity index is 812. The van der Waals surface area contributed by atoms with Crippen LogP contribution in [-0.2, 0) is 12.8 Å². The van der Waals surface area contributed by atoms with Crippen molar-refractivity contribution in [2.75, 3.05) is 0 Å². The predicted molar refractivity (Wildman–Crippen MR) is 80.2 cm³/mol. The molecule has 0 N–H and O–H groups in total. The van der Waals surface area contributed by atoms with Crippen molar-refractivity contribution in [2.24, 2.45) is 0 Å². The van der Waals surface area contributed by atoms with Crippen molar-refractivity contribution < 1.29 is 22.4 Å². The Labute approximate surface area is 135 Å². The number of ether oxygens (including phenoxy) is 1. The van der Waals surface area contributed by atoms with Gasteiger partial charge >= 0.3 is 6.18 Å². The second-order valence-electron chi connectivity index (χ2n) is 5.10. The molecule has 3 rings (SSSR count). The molecule has 4 nitrogen and oxygen atoms in total. The van der Waals surface area contributed by atoms with Crippen LogP contribution < -0.4 is 4.74 Å². The molecule has 0 radical (unpaired) electrons. The SMILES string of the molecule is Cc1onc(-c2ccccc2)c1COc1ccc(C(F)(F)F)cn1. The van der Waals surface area contributed by atoms with Crippen molar-refractivity contribution in [1.29, 1.82) is 0 Å². The van der Waals surface area contributed by atoms with Crippen molar-refractivity contribution in [2.45, 2.75) is 19.7 Å². The monoisotopic (exact) mass is 334 g/mol. The lowest BCUT2D eigenvalue weighted by atomic mass is 10.1. The van der Waals surface area contributed by atoms with Crippen LogP contribution in [0.2, 0.25) is 0 Å². The minimum absolute atomic E-state index is 0.0952. The number of rotatable bonds is 4. The largest absolute Gasteiger partial charge is 0.473 e. The fraction of sp³-hybridized carbons (Fsp3) is 0.176. The molecule has 0 bridgehead atoms. The van der Waals surface area contributed by atoms with Crippen molar-refractivity contribution in [3.63, 3.8) is 0 Å². The maximum absolute atomic E-state index is 12.5. The molecule has 0 amide bonds. The lowest BCUT2D eigenvalue weighted by Gasteiger charge is -2.08. The molecule has 0 aliphatic carbocycles. The van der Waals surface area contributed by atoms with E-state index in [9.17, 15) is 13.2 Å². The zero-order valence-corrected chi connectivity index (χ0v) is 12.7. The summed E-state index contributed by atoms with van der Waals surface area (Å²) in [7, 11) is 0. The highest BCUT2D eigenvalue weighted by Gasteiger charge is 2.30. The summed E-state index contributed by atoms with van der Waals surface area (Å²) in [5.74, 6) is 0.684. The van der Waals surface area contributed by atoms with Gasteiger partial charge in [0.2, 0.25) is 5.88 Å². The maximum atomic E-state index is 12.5. The molecule has 3 aromatic rings. The van der Waals surface area contributed by atoms with Gasteiger partial charge in [-0.25, -0.2) is 4.98 Å². The quantitative estimate of drug-likeness (QED) is 0.697. The minimum atomic E-state index is -4.42. The van der Waals surface area contributed by atoms with E-state index in [2.05, 4.69) is 10.1 Å². The van der Waals surface area contributed by atoms with Crippen LogP contribution in [0.4, 0.5) is 13.2 Å². The molecule has 1 aromatic carbocycles. The van der Waals surface area contributed by atoms with Gasteiger partial charge in [0.15, 0.2) is 0 Å². The molecule has 0 atom stereocenters. The molecule has 0 saturated heterocycles. The summed E-state index contributed by atoms with van der Waals surface area (Å²) >= 11 is 0. The summed E-state index contributed by atoms with van der Waals surface area (Å²) in [5.41, 5.74) is 1.41. The fourth-order valence-corrected chi connectivity index (χ4v) is 2.16. The average molecular weight is 334 g/mol. The van der Waals surface area contributed by atoms with Gasteiger partial charge in [0.25, 0.3) is 0 Å². The first-order valence-corrected chi connectivity index (χ1v) is 7.12. The van der Waals surface area contributed by atoms with E-state index in [1.807, 2.05) is 30.3 Å². The number of hydrogen-bond donors (Lipinski definition) is 0. The van der Waals surface area contributed by atoms with E-state index in [-0.39, 0.29) is 12.5 Å². The second-order valence-corrected chi connectivity index (χ2v) is 5.10. The van der Waals surface area contributed by atoms with Gasteiger partial charge in [-0.3, -0.25) is 0 Å². The summed E-state index contributed by atoms with van der Waals surface area (Å²) in [4.78, 5) is 3.68. The van der Waals surface area contributed by atoms with Crippen LogP contribution in [0.1, 0.15) is 16.9 Å². The highest BCUT2D eigenvalue weighted by atomic mass is 19.4. The summed E-state index contributed by atoms with van der Waals surface area (Å²) in [5, 5.41) is 4.02. The fourth-order valence-electron chi connectivity index (χ4n) is 2.16. The highest BCUT2D eigenvalue weighted by Crippen LogP contribution is 2.30. The number of pyridine rings is 1. The second kappa shape index (κ2) is 6.35. The zero-order chi connectivity index (χ0) is 17.2. The Morgan fingerprint density at radius 1 is 1.08 bits per heavy atom. The molecule has 0 aliphatic heterocycles. The Morgan fingerprint density at radius 2 is 1.83 bits per heavy atom.